The number of oxazole rings is 1. The molecule has 158 valence electrons. The Balaban J connectivity index is 1.28. The molecule has 3 aromatic rings. The molecule has 0 aliphatic carbocycles. The maximum absolute atomic E-state index is 12.4. The molecule has 1 aliphatic heterocycles. The number of ether oxygens (including phenoxy) is 1. The van der Waals surface area contributed by atoms with Gasteiger partial charge in [0.15, 0.2) is 5.58 Å². The van der Waals surface area contributed by atoms with E-state index in [0.717, 1.165) is 61.0 Å². The van der Waals surface area contributed by atoms with E-state index in [1.54, 1.807) is 7.11 Å². The quantitative estimate of drug-likeness (QED) is 0.675. The van der Waals surface area contributed by atoms with E-state index in [4.69, 9.17) is 9.15 Å². The van der Waals surface area contributed by atoms with Gasteiger partial charge in [0.2, 0.25) is 11.8 Å². The molecule has 0 bridgehead atoms. The van der Waals surface area contributed by atoms with E-state index in [1.807, 2.05) is 36.4 Å². The number of benzene rings is 2. The largest absolute Gasteiger partial charge is 0.497 e. The topological polar surface area (TPSA) is 70.8 Å². The molecule has 30 heavy (non-hydrogen) atoms. The second kappa shape index (κ2) is 9.28. The predicted octanol–water partition coefficient (Wildman–Crippen LogP) is 3.29. The third kappa shape index (κ3) is 5.17. The molecule has 0 spiro atoms. The number of fused-ring (bicyclic) bond motifs is 1. The van der Waals surface area contributed by atoms with E-state index >= 15 is 0 Å². The summed E-state index contributed by atoms with van der Waals surface area (Å²) in [6, 6.07) is 13.5. The molecule has 7 heteroatoms. The smallest absolute Gasteiger partial charge is 0.238 e. The molecule has 1 aliphatic rings. The molecule has 2 aromatic carbocycles. The third-order valence-electron chi connectivity index (χ3n) is 5.37. The summed E-state index contributed by atoms with van der Waals surface area (Å²) in [6.45, 7) is 6.73. The Morgan fingerprint density at radius 3 is 2.67 bits per heavy atom. The fourth-order valence-electron chi connectivity index (χ4n) is 3.76. The molecule has 1 aromatic heterocycles. The van der Waals surface area contributed by atoms with E-state index in [2.05, 4.69) is 33.1 Å². The van der Waals surface area contributed by atoms with Crippen molar-refractivity contribution in [1.82, 2.24) is 14.8 Å². The molecule has 0 saturated carbocycles. The van der Waals surface area contributed by atoms with Crippen LogP contribution in [0.4, 0.5) is 5.69 Å². The summed E-state index contributed by atoms with van der Waals surface area (Å²) in [6.07, 6.45) is 1.01. The van der Waals surface area contributed by atoms with Gasteiger partial charge in [0.1, 0.15) is 11.3 Å². The van der Waals surface area contributed by atoms with Crippen LogP contribution < -0.4 is 10.1 Å². The highest BCUT2D eigenvalue weighted by atomic mass is 16.5. The molecule has 0 unspecified atom stereocenters. The minimum atomic E-state index is 0.00272. The van der Waals surface area contributed by atoms with Crippen LogP contribution in [0.25, 0.3) is 11.1 Å². The lowest BCUT2D eigenvalue weighted by Crippen LogP contribution is -2.36. The summed E-state index contributed by atoms with van der Waals surface area (Å²) < 4.78 is 11.1. The monoisotopic (exact) mass is 408 g/mol. The van der Waals surface area contributed by atoms with Crippen LogP contribution in [0.3, 0.4) is 0 Å². The lowest BCUT2D eigenvalue weighted by molar-refractivity contribution is -0.117. The average molecular weight is 409 g/mol. The van der Waals surface area contributed by atoms with Crippen LogP contribution in [0.15, 0.2) is 46.9 Å². The van der Waals surface area contributed by atoms with Crippen molar-refractivity contribution >= 4 is 22.7 Å². The fraction of sp³-hybridized carbons (Fsp3) is 0.391. The number of rotatable bonds is 6. The fourth-order valence-corrected chi connectivity index (χ4v) is 3.76. The predicted molar refractivity (Wildman–Crippen MR) is 117 cm³/mol. The number of carbonyl (C=O) groups is 1. The number of carbonyl (C=O) groups excluding carboxylic acids is 1. The van der Waals surface area contributed by atoms with E-state index < -0.39 is 0 Å². The van der Waals surface area contributed by atoms with Crippen molar-refractivity contribution in [1.29, 1.82) is 0 Å². The average Bonchev–Trinajstić information content (AvgIpc) is 3.00. The first kappa shape index (κ1) is 20.4. The second-order valence-electron chi connectivity index (χ2n) is 7.76. The van der Waals surface area contributed by atoms with Crippen molar-refractivity contribution in [2.24, 2.45) is 0 Å². The minimum absolute atomic E-state index is 0.00272. The zero-order valence-corrected chi connectivity index (χ0v) is 17.6. The van der Waals surface area contributed by atoms with Gasteiger partial charge in [-0.15, -0.1) is 0 Å². The van der Waals surface area contributed by atoms with Crippen molar-refractivity contribution in [2.45, 2.75) is 19.9 Å². The van der Waals surface area contributed by atoms with Gasteiger partial charge >= 0.3 is 0 Å². The van der Waals surface area contributed by atoms with Gasteiger partial charge in [0, 0.05) is 18.8 Å². The number of amides is 1. The van der Waals surface area contributed by atoms with Gasteiger partial charge in [0.05, 0.1) is 20.2 Å². The maximum atomic E-state index is 12.4. The van der Waals surface area contributed by atoms with Crippen molar-refractivity contribution in [3.05, 3.63) is 53.9 Å². The van der Waals surface area contributed by atoms with E-state index in [9.17, 15) is 4.79 Å². The summed E-state index contributed by atoms with van der Waals surface area (Å²) in [5.41, 5.74) is 3.70. The Bertz CT molecular complexity index is 999. The molecule has 4 rings (SSSR count). The van der Waals surface area contributed by atoms with Crippen molar-refractivity contribution < 1.29 is 13.9 Å². The molecule has 1 N–H and O–H groups in total. The number of aryl methyl sites for hydroxylation is 1. The normalized spacial score (nSPS) is 15.8. The maximum Gasteiger partial charge on any atom is 0.238 e. The Kier molecular flexibility index (Phi) is 6.30. The number of nitrogens with one attached hydrogen (secondary N) is 1. The molecule has 0 radical (unpaired) electrons. The Morgan fingerprint density at radius 2 is 1.87 bits per heavy atom. The number of hydrogen-bond acceptors (Lipinski definition) is 6. The van der Waals surface area contributed by atoms with Gasteiger partial charge in [0.25, 0.3) is 0 Å². The van der Waals surface area contributed by atoms with Crippen molar-refractivity contribution in [3.8, 4) is 5.75 Å². The second-order valence-corrected chi connectivity index (χ2v) is 7.76. The Morgan fingerprint density at radius 1 is 1.10 bits per heavy atom. The lowest BCUT2D eigenvalue weighted by Gasteiger charge is -2.20. The highest BCUT2D eigenvalue weighted by Crippen LogP contribution is 2.19. The van der Waals surface area contributed by atoms with E-state index in [1.165, 1.54) is 5.56 Å². The highest BCUT2D eigenvalue weighted by Gasteiger charge is 2.19. The first-order chi connectivity index (χ1) is 14.6. The summed E-state index contributed by atoms with van der Waals surface area (Å²) >= 11 is 0. The van der Waals surface area contributed by atoms with Crippen LogP contribution in [0, 0.1) is 6.92 Å². The number of methoxy groups -OCH3 is 1. The SMILES string of the molecule is COc1ccc(NC(=O)CN2CCCN(Cc3nc4ccc(C)cc4o3)CC2)cc1. The number of anilines is 1. The number of hydrogen-bond donors (Lipinski definition) is 1. The minimum Gasteiger partial charge on any atom is -0.497 e. The van der Waals surface area contributed by atoms with Crippen LogP contribution in [0.1, 0.15) is 17.9 Å². The highest BCUT2D eigenvalue weighted by molar-refractivity contribution is 5.92. The zero-order chi connectivity index (χ0) is 20.9. The van der Waals surface area contributed by atoms with Crippen LogP contribution in [0.2, 0.25) is 0 Å². The van der Waals surface area contributed by atoms with Gasteiger partial charge in [-0.25, -0.2) is 4.98 Å². The summed E-state index contributed by atoms with van der Waals surface area (Å²) in [7, 11) is 1.63. The van der Waals surface area contributed by atoms with Crippen LogP contribution in [0.5, 0.6) is 5.75 Å². The van der Waals surface area contributed by atoms with Crippen LogP contribution in [-0.4, -0.2) is 60.5 Å². The van der Waals surface area contributed by atoms with E-state index in [0.29, 0.717) is 13.1 Å². The Hall–Kier alpha value is -2.90. The van der Waals surface area contributed by atoms with Crippen LogP contribution in [-0.2, 0) is 11.3 Å². The standard InChI is InChI=1S/C23H28N4O3/c1-17-4-9-20-21(14-17)30-23(25-20)16-27-11-3-10-26(12-13-27)15-22(28)24-18-5-7-19(29-2)8-6-18/h4-9,14H,3,10-13,15-16H2,1-2H3,(H,24,28). The van der Waals surface area contributed by atoms with Gasteiger partial charge in [-0.2, -0.15) is 0 Å². The molecule has 0 atom stereocenters. The molecular formula is C23H28N4O3. The lowest BCUT2D eigenvalue weighted by atomic mass is 10.2. The first-order valence-corrected chi connectivity index (χ1v) is 10.3. The van der Waals surface area contributed by atoms with Crippen molar-refractivity contribution in [3.63, 3.8) is 0 Å². The third-order valence-corrected chi connectivity index (χ3v) is 5.37. The number of aromatic nitrogens is 1. The molecule has 2 heterocycles. The first-order valence-electron chi connectivity index (χ1n) is 10.3. The van der Waals surface area contributed by atoms with Crippen LogP contribution >= 0.6 is 0 Å². The van der Waals surface area contributed by atoms with E-state index in [-0.39, 0.29) is 5.91 Å². The zero-order valence-electron chi connectivity index (χ0n) is 17.6. The molecule has 1 amide bonds. The van der Waals surface area contributed by atoms with Gasteiger partial charge in [-0.1, -0.05) is 6.07 Å². The molecular weight excluding hydrogens is 380 g/mol. The summed E-state index contributed by atoms with van der Waals surface area (Å²) in [5, 5.41) is 2.96. The van der Waals surface area contributed by atoms with Crippen molar-refractivity contribution in [2.75, 3.05) is 45.2 Å². The molecule has 1 saturated heterocycles. The number of nitrogens with zero attached hydrogens (tertiary/aromatic N) is 3. The summed E-state index contributed by atoms with van der Waals surface area (Å²) in [4.78, 5) is 21.6. The van der Waals surface area contributed by atoms with Gasteiger partial charge in [-0.3, -0.25) is 14.6 Å². The Labute approximate surface area is 176 Å². The molecule has 1 fully saturated rings. The van der Waals surface area contributed by atoms with Gasteiger partial charge in [-0.05, 0) is 68.4 Å². The summed E-state index contributed by atoms with van der Waals surface area (Å²) in [5.74, 6) is 1.53. The van der Waals surface area contributed by atoms with Gasteiger partial charge < -0.3 is 14.5 Å². The molecule has 7 nitrogen and oxygen atoms in total.